The van der Waals surface area contributed by atoms with E-state index in [-0.39, 0.29) is 0 Å². The van der Waals surface area contributed by atoms with Crippen molar-refractivity contribution in [2.24, 2.45) is 0 Å². The van der Waals surface area contributed by atoms with Crippen molar-refractivity contribution in [3.8, 4) is 0 Å². The Hall–Kier alpha value is -2.40. The monoisotopic (exact) mass is 421 g/mol. The molecular formula is C26H39N5. The minimum atomic E-state index is 0.449. The second-order valence-corrected chi connectivity index (χ2v) is 8.71. The molecule has 5 nitrogen and oxygen atoms in total. The number of likely N-dealkylation sites (tertiary alicyclic amines) is 1. The third-order valence-corrected chi connectivity index (χ3v) is 6.16. The third-order valence-electron chi connectivity index (χ3n) is 6.16. The van der Waals surface area contributed by atoms with Gasteiger partial charge in [0, 0.05) is 35.6 Å². The van der Waals surface area contributed by atoms with Crippen molar-refractivity contribution >= 4 is 17.5 Å². The highest BCUT2D eigenvalue weighted by atomic mass is 15.3. The molecule has 168 valence electrons. The second-order valence-electron chi connectivity index (χ2n) is 8.71. The van der Waals surface area contributed by atoms with Gasteiger partial charge in [0.15, 0.2) is 0 Å². The number of aromatic nitrogens is 2. The molecule has 0 aliphatic carbocycles. The zero-order valence-electron chi connectivity index (χ0n) is 19.8. The number of hydrogen-bond acceptors (Lipinski definition) is 5. The van der Waals surface area contributed by atoms with Crippen LogP contribution in [0.1, 0.15) is 64.0 Å². The van der Waals surface area contributed by atoms with E-state index in [9.17, 15) is 0 Å². The van der Waals surface area contributed by atoms with Crippen molar-refractivity contribution in [1.82, 2.24) is 14.9 Å². The third kappa shape index (κ3) is 6.07. The fourth-order valence-corrected chi connectivity index (χ4v) is 4.43. The van der Waals surface area contributed by atoms with Crippen LogP contribution in [0.25, 0.3) is 0 Å². The first-order valence-corrected chi connectivity index (χ1v) is 11.9. The molecule has 2 aliphatic heterocycles. The van der Waals surface area contributed by atoms with Crippen LogP contribution in [0.3, 0.4) is 0 Å². The summed E-state index contributed by atoms with van der Waals surface area (Å²) in [4.78, 5) is 14.0. The minimum absolute atomic E-state index is 0.449. The smallest absolute Gasteiger partial charge is 0.229 e. The van der Waals surface area contributed by atoms with Crippen LogP contribution in [0, 0.1) is 0 Å². The Morgan fingerprint density at radius 2 is 1.87 bits per heavy atom. The molecule has 4 rings (SSSR count). The van der Waals surface area contributed by atoms with E-state index in [2.05, 4.69) is 78.8 Å². The molecule has 0 radical (unpaired) electrons. The highest BCUT2D eigenvalue weighted by Gasteiger charge is 2.29. The van der Waals surface area contributed by atoms with Crippen LogP contribution in [0.4, 0.5) is 17.5 Å². The van der Waals surface area contributed by atoms with Gasteiger partial charge in [-0.25, -0.2) is 4.98 Å². The molecule has 2 aromatic rings. The van der Waals surface area contributed by atoms with Crippen LogP contribution >= 0.6 is 0 Å². The molecule has 1 fully saturated rings. The topological polar surface area (TPSA) is 44.3 Å². The summed E-state index contributed by atoms with van der Waals surface area (Å²) in [5.41, 5.74) is 4.67. The van der Waals surface area contributed by atoms with E-state index in [0.29, 0.717) is 12.0 Å². The fraction of sp³-hybridized carbons (Fsp3) is 0.538. The zero-order chi connectivity index (χ0) is 22.2. The van der Waals surface area contributed by atoms with E-state index >= 15 is 0 Å². The van der Waals surface area contributed by atoms with Crippen LogP contribution in [0.15, 0.2) is 42.7 Å². The van der Waals surface area contributed by atoms with E-state index in [1.165, 1.54) is 37.1 Å². The van der Waals surface area contributed by atoms with E-state index in [4.69, 9.17) is 4.98 Å². The molecule has 0 spiro atoms. The number of nitrogens with zero attached hydrogens (tertiary/aromatic N) is 4. The van der Waals surface area contributed by atoms with Gasteiger partial charge in [-0.3, -0.25) is 0 Å². The predicted molar refractivity (Wildman–Crippen MR) is 132 cm³/mol. The maximum atomic E-state index is 4.82. The van der Waals surface area contributed by atoms with E-state index in [1.807, 2.05) is 6.20 Å². The number of fused-ring (bicyclic) bond motifs is 1. The van der Waals surface area contributed by atoms with Gasteiger partial charge in [0.1, 0.15) is 5.82 Å². The number of anilines is 3. The quantitative estimate of drug-likeness (QED) is 0.598. The van der Waals surface area contributed by atoms with Crippen molar-refractivity contribution in [2.75, 3.05) is 30.4 Å². The first-order valence-electron chi connectivity index (χ1n) is 11.9. The van der Waals surface area contributed by atoms with Gasteiger partial charge < -0.3 is 15.1 Å². The average Bonchev–Trinajstić information content (AvgIpc) is 3.36. The summed E-state index contributed by atoms with van der Waals surface area (Å²) in [6.07, 6.45) is 10.0. The molecular weight excluding hydrogens is 382 g/mol. The molecule has 1 aromatic heterocycles. The molecule has 31 heavy (non-hydrogen) atoms. The summed E-state index contributed by atoms with van der Waals surface area (Å²) in [5, 5.41) is 3.36. The molecule has 0 atom stereocenters. The lowest BCUT2D eigenvalue weighted by Gasteiger charge is -2.28. The molecule has 1 aromatic carbocycles. The second kappa shape index (κ2) is 11.3. The molecule has 3 heterocycles. The lowest BCUT2D eigenvalue weighted by Crippen LogP contribution is -2.31. The lowest BCUT2D eigenvalue weighted by molar-refractivity contribution is 0.418. The summed E-state index contributed by atoms with van der Waals surface area (Å²) in [5.74, 6) is 1.67. The highest BCUT2D eigenvalue weighted by Crippen LogP contribution is 2.35. The van der Waals surface area contributed by atoms with Gasteiger partial charge in [0.2, 0.25) is 5.95 Å². The van der Waals surface area contributed by atoms with Crippen LogP contribution in [0.5, 0.6) is 0 Å². The van der Waals surface area contributed by atoms with Crippen molar-refractivity contribution in [3.05, 3.63) is 53.9 Å². The van der Waals surface area contributed by atoms with Crippen molar-refractivity contribution in [3.63, 3.8) is 0 Å². The van der Waals surface area contributed by atoms with E-state index < -0.39 is 0 Å². The van der Waals surface area contributed by atoms with Gasteiger partial charge in [-0.2, -0.15) is 4.98 Å². The molecule has 0 saturated carbocycles. The van der Waals surface area contributed by atoms with Crippen molar-refractivity contribution < 1.29 is 0 Å². The summed E-state index contributed by atoms with van der Waals surface area (Å²) < 4.78 is 0. The van der Waals surface area contributed by atoms with Gasteiger partial charge in [-0.15, -0.1) is 0 Å². The number of benzene rings is 1. The molecule has 0 unspecified atom stereocenters. The van der Waals surface area contributed by atoms with Gasteiger partial charge in [-0.1, -0.05) is 45.9 Å². The minimum Gasteiger partial charge on any atom is -0.327 e. The molecule has 5 heteroatoms. The fourth-order valence-electron chi connectivity index (χ4n) is 4.43. The van der Waals surface area contributed by atoms with Crippen LogP contribution in [-0.2, 0) is 12.8 Å². The Kier molecular flexibility index (Phi) is 8.47. The van der Waals surface area contributed by atoms with Crippen molar-refractivity contribution in [1.29, 1.82) is 0 Å². The largest absolute Gasteiger partial charge is 0.327 e. The molecule has 1 saturated heterocycles. The highest BCUT2D eigenvalue weighted by molar-refractivity contribution is 5.64. The summed E-state index contributed by atoms with van der Waals surface area (Å²) in [7, 11) is 2.17. The summed E-state index contributed by atoms with van der Waals surface area (Å²) >= 11 is 0. The van der Waals surface area contributed by atoms with Gasteiger partial charge >= 0.3 is 0 Å². The molecule has 0 bridgehead atoms. The van der Waals surface area contributed by atoms with Crippen LogP contribution in [0.2, 0.25) is 0 Å². The van der Waals surface area contributed by atoms with Crippen LogP contribution in [-0.4, -0.2) is 41.0 Å². The number of aryl methyl sites for hydroxylation is 1. The Morgan fingerprint density at radius 1 is 1.13 bits per heavy atom. The predicted octanol–water partition coefficient (Wildman–Crippen LogP) is 5.95. The zero-order valence-corrected chi connectivity index (χ0v) is 19.8. The first-order chi connectivity index (χ1) is 15.0. The molecule has 1 N–H and O–H groups in total. The Morgan fingerprint density at radius 3 is 2.48 bits per heavy atom. The maximum Gasteiger partial charge on any atom is 0.229 e. The summed E-state index contributed by atoms with van der Waals surface area (Å²) in [6, 6.07) is 8.94. The molecule has 0 amide bonds. The average molecular weight is 422 g/mol. The number of allylic oxidation sites excluding steroid dienone is 1. The SMILES string of the molecule is C=C1Cc2cnc(Nc3cccc(CCC)c3)nc2N1C(CC)CC.CN1CCCC1. The number of nitrogens with one attached hydrogen (secondary N) is 1. The van der Waals surface area contributed by atoms with Crippen LogP contribution < -0.4 is 10.2 Å². The standard InChI is InChI=1S/C21H28N4.C5H11N/c1-5-9-16-10-8-11-18(13-16)23-21-22-14-17-12-15(4)25(20(17)24-21)19(6-2)7-3;1-6-4-2-3-5-6/h8,10-11,13-14,19H,4-7,9,12H2,1-3H3,(H,22,23,24);2-5H2,1H3. The Labute approximate surface area is 188 Å². The van der Waals surface area contributed by atoms with E-state index in [1.54, 1.807) is 0 Å². The van der Waals surface area contributed by atoms with Gasteiger partial charge in [0.25, 0.3) is 0 Å². The lowest BCUT2D eigenvalue weighted by atomic mass is 10.1. The normalized spacial score (nSPS) is 15.8. The first kappa shape index (κ1) is 23.3. The maximum absolute atomic E-state index is 4.82. The van der Waals surface area contributed by atoms with Gasteiger partial charge in [0.05, 0.1) is 0 Å². The van der Waals surface area contributed by atoms with Crippen molar-refractivity contribution in [2.45, 2.75) is 71.8 Å². The number of rotatable bonds is 7. The Balaban J connectivity index is 0.000000391. The molecule has 2 aliphatic rings. The number of hydrogen-bond donors (Lipinski definition) is 1. The Bertz CT molecular complexity index is 853. The summed E-state index contributed by atoms with van der Waals surface area (Å²) in [6.45, 7) is 13.5. The van der Waals surface area contributed by atoms with Gasteiger partial charge in [-0.05, 0) is 69.9 Å². The van der Waals surface area contributed by atoms with E-state index in [0.717, 1.165) is 49.3 Å².